The Labute approximate surface area is 177 Å². The van der Waals surface area contributed by atoms with E-state index in [4.69, 9.17) is 14.2 Å². The van der Waals surface area contributed by atoms with Gasteiger partial charge in [0, 0.05) is 23.7 Å². The zero-order valence-electron chi connectivity index (χ0n) is 17.5. The third kappa shape index (κ3) is 5.63. The molecule has 0 saturated heterocycles. The van der Waals surface area contributed by atoms with Crippen molar-refractivity contribution in [2.24, 2.45) is 0 Å². The second-order valence-electron chi connectivity index (χ2n) is 6.73. The molecule has 0 unspecified atom stereocenters. The lowest BCUT2D eigenvalue weighted by Gasteiger charge is -2.13. The van der Waals surface area contributed by atoms with Crippen LogP contribution in [0.4, 0.5) is 0 Å². The van der Waals surface area contributed by atoms with Crippen molar-refractivity contribution in [1.29, 1.82) is 0 Å². The van der Waals surface area contributed by atoms with Crippen molar-refractivity contribution in [3.63, 3.8) is 0 Å². The Balaban J connectivity index is 1.50. The first-order valence-electron chi connectivity index (χ1n) is 10.4. The highest BCUT2D eigenvalue weighted by Crippen LogP contribution is 2.28. The molecule has 1 N–H and O–H groups in total. The van der Waals surface area contributed by atoms with Crippen LogP contribution in [0.1, 0.15) is 37.0 Å². The molecule has 2 aromatic carbocycles. The van der Waals surface area contributed by atoms with Crippen LogP contribution in [0.3, 0.4) is 0 Å². The van der Waals surface area contributed by atoms with Crippen LogP contribution in [0, 0.1) is 0 Å². The maximum atomic E-state index is 12.5. The zero-order valence-corrected chi connectivity index (χ0v) is 17.5. The second kappa shape index (κ2) is 11.0. The van der Waals surface area contributed by atoms with Crippen molar-refractivity contribution in [2.75, 3.05) is 26.4 Å². The third-order valence-corrected chi connectivity index (χ3v) is 4.43. The number of nitrogens with one attached hydrogen (secondary N) is 1. The molecule has 0 aliphatic heterocycles. The number of amides is 1. The Morgan fingerprint density at radius 1 is 0.933 bits per heavy atom. The molecule has 0 atom stereocenters. The van der Waals surface area contributed by atoms with E-state index in [0.29, 0.717) is 49.8 Å². The van der Waals surface area contributed by atoms with E-state index in [1.54, 1.807) is 24.4 Å². The second-order valence-corrected chi connectivity index (χ2v) is 6.73. The number of ether oxygens (including phenoxy) is 3. The van der Waals surface area contributed by atoms with Gasteiger partial charge in [0.25, 0.3) is 5.91 Å². The van der Waals surface area contributed by atoms with Gasteiger partial charge >= 0.3 is 0 Å². The molecule has 6 heteroatoms. The molecule has 3 aromatic rings. The summed E-state index contributed by atoms with van der Waals surface area (Å²) >= 11 is 0. The number of benzene rings is 2. The molecule has 6 nitrogen and oxygen atoms in total. The molecule has 0 radical (unpaired) electrons. The molecule has 0 aliphatic rings. The average Bonchev–Trinajstić information content (AvgIpc) is 2.78. The number of carbonyl (C=O) groups excluding carboxylic acids is 1. The Hall–Kier alpha value is -3.28. The number of carbonyl (C=O) groups is 1. The van der Waals surface area contributed by atoms with E-state index >= 15 is 0 Å². The van der Waals surface area contributed by atoms with Gasteiger partial charge in [-0.05, 0) is 50.1 Å². The monoisotopic (exact) mass is 408 g/mol. The zero-order chi connectivity index (χ0) is 21.2. The molecule has 0 bridgehead atoms. The molecule has 1 aromatic heterocycles. The van der Waals surface area contributed by atoms with Crippen LogP contribution >= 0.6 is 0 Å². The number of fused-ring (bicyclic) bond motifs is 1. The minimum atomic E-state index is -0.148. The van der Waals surface area contributed by atoms with Gasteiger partial charge in [0.2, 0.25) is 0 Å². The molecule has 0 fully saturated rings. The highest BCUT2D eigenvalue weighted by Gasteiger charge is 2.11. The fourth-order valence-corrected chi connectivity index (χ4v) is 3.00. The number of aromatic nitrogens is 1. The molecule has 158 valence electrons. The summed E-state index contributed by atoms with van der Waals surface area (Å²) in [7, 11) is 0. The van der Waals surface area contributed by atoms with Crippen LogP contribution in [-0.4, -0.2) is 37.3 Å². The van der Waals surface area contributed by atoms with Crippen molar-refractivity contribution in [3.8, 4) is 17.2 Å². The summed E-state index contributed by atoms with van der Waals surface area (Å²) in [5, 5.41) is 3.96. The molecular weight excluding hydrogens is 380 g/mol. The lowest BCUT2D eigenvalue weighted by molar-refractivity contribution is 0.0951. The van der Waals surface area contributed by atoms with Gasteiger partial charge in [0.15, 0.2) is 11.5 Å². The summed E-state index contributed by atoms with van der Waals surface area (Å²) in [6.07, 6.45) is 3.35. The standard InChI is InChI=1S/C24H28N2O4/c1-3-15-29-20-12-11-19(17-22(20)28-4-2)24(27)26-14-7-16-30-21-10-5-8-18-9-6-13-25-23(18)21/h5-6,8-13,17H,3-4,7,14-16H2,1-2H3,(H,26,27). The van der Waals surface area contributed by atoms with Gasteiger partial charge in [-0.1, -0.05) is 25.1 Å². The van der Waals surface area contributed by atoms with Gasteiger partial charge in [-0.3, -0.25) is 9.78 Å². The number of nitrogens with zero attached hydrogens (tertiary/aromatic N) is 1. The van der Waals surface area contributed by atoms with Gasteiger partial charge in [-0.2, -0.15) is 0 Å². The van der Waals surface area contributed by atoms with Crippen molar-refractivity contribution in [2.45, 2.75) is 26.7 Å². The van der Waals surface area contributed by atoms with Crippen LogP contribution < -0.4 is 19.5 Å². The van der Waals surface area contributed by atoms with Crippen molar-refractivity contribution < 1.29 is 19.0 Å². The van der Waals surface area contributed by atoms with E-state index in [1.807, 2.05) is 44.2 Å². The average molecular weight is 408 g/mol. The van der Waals surface area contributed by atoms with Crippen molar-refractivity contribution in [1.82, 2.24) is 10.3 Å². The number of hydrogen-bond donors (Lipinski definition) is 1. The van der Waals surface area contributed by atoms with Crippen LogP contribution in [0.15, 0.2) is 54.7 Å². The van der Waals surface area contributed by atoms with E-state index in [9.17, 15) is 4.79 Å². The quantitative estimate of drug-likeness (QED) is 0.469. The summed E-state index contributed by atoms with van der Waals surface area (Å²) in [6, 6.07) is 15.0. The molecule has 1 amide bonds. The third-order valence-electron chi connectivity index (χ3n) is 4.43. The first-order valence-corrected chi connectivity index (χ1v) is 10.4. The SMILES string of the molecule is CCCOc1ccc(C(=O)NCCCOc2cccc3cccnc23)cc1OCC. The fraction of sp³-hybridized carbons (Fsp3) is 0.333. The first kappa shape index (κ1) is 21.4. The summed E-state index contributed by atoms with van der Waals surface area (Å²) in [5.41, 5.74) is 1.39. The Bertz CT molecular complexity index is 969. The summed E-state index contributed by atoms with van der Waals surface area (Å²) in [5.74, 6) is 1.85. The van der Waals surface area contributed by atoms with Gasteiger partial charge < -0.3 is 19.5 Å². The topological polar surface area (TPSA) is 69.7 Å². The minimum Gasteiger partial charge on any atom is -0.491 e. The maximum Gasteiger partial charge on any atom is 0.251 e. The Morgan fingerprint density at radius 3 is 2.60 bits per heavy atom. The van der Waals surface area contributed by atoms with Crippen LogP contribution in [0.5, 0.6) is 17.2 Å². The number of pyridine rings is 1. The molecule has 0 spiro atoms. The van der Waals surface area contributed by atoms with Crippen molar-refractivity contribution in [3.05, 3.63) is 60.3 Å². The highest BCUT2D eigenvalue weighted by molar-refractivity contribution is 5.94. The molecule has 30 heavy (non-hydrogen) atoms. The molecule has 3 rings (SSSR count). The van der Waals surface area contributed by atoms with E-state index in [2.05, 4.69) is 10.3 Å². The van der Waals surface area contributed by atoms with Crippen molar-refractivity contribution >= 4 is 16.8 Å². The normalized spacial score (nSPS) is 10.6. The predicted molar refractivity (Wildman–Crippen MR) is 118 cm³/mol. The van der Waals surface area contributed by atoms with Gasteiger partial charge in [0.1, 0.15) is 11.3 Å². The summed E-state index contributed by atoms with van der Waals surface area (Å²) in [6.45, 7) is 6.06. The van der Waals surface area contributed by atoms with E-state index < -0.39 is 0 Å². The molecule has 0 aliphatic carbocycles. The minimum absolute atomic E-state index is 0.148. The highest BCUT2D eigenvalue weighted by atomic mass is 16.5. The summed E-state index contributed by atoms with van der Waals surface area (Å²) < 4.78 is 17.2. The number of hydrogen-bond acceptors (Lipinski definition) is 5. The molecular formula is C24H28N2O4. The lowest BCUT2D eigenvalue weighted by atomic mass is 10.2. The fourth-order valence-electron chi connectivity index (χ4n) is 3.00. The smallest absolute Gasteiger partial charge is 0.251 e. The van der Waals surface area contributed by atoms with Crippen LogP contribution in [0.2, 0.25) is 0 Å². The number of rotatable bonds is 11. The number of para-hydroxylation sites is 1. The Kier molecular flexibility index (Phi) is 7.89. The molecule has 0 saturated carbocycles. The van der Waals surface area contributed by atoms with E-state index in [1.165, 1.54) is 0 Å². The summed E-state index contributed by atoms with van der Waals surface area (Å²) in [4.78, 5) is 16.9. The van der Waals surface area contributed by atoms with E-state index in [-0.39, 0.29) is 5.91 Å². The van der Waals surface area contributed by atoms with Gasteiger partial charge in [-0.15, -0.1) is 0 Å². The predicted octanol–water partition coefficient (Wildman–Crippen LogP) is 4.62. The van der Waals surface area contributed by atoms with Crippen LogP contribution in [-0.2, 0) is 0 Å². The van der Waals surface area contributed by atoms with Gasteiger partial charge in [-0.25, -0.2) is 0 Å². The van der Waals surface area contributed by atoms with Crippen LogP contribution in [0.25, 0.3) is 10.9 Å². The van der Waals surface area contributed by atoms with Gasteiger partial charge in [0.05, 0.1) is 19.8 Å². The lowest BCUT2D eigenvalue weighted by Crippen LogP contribution is -2.25. The van der Waals surface area contributed by atoms with E-state index in [0.717, 1.165) is 23.1 Å². The molecule has 1 heterocycles. The maximum absolute atomic E-state index is 12.5. The first-order chi connectivity index (χ1) is 14.7. The largest absolute Gasteiger partial charge is 0.491 e. The Morgan fingerprint density at radius 2 is 1.77 bits per heavy atom.